The first-order valence-corrected chi connectivity index (χ1v) is 5.49. The van der Waals surface area contributed by atoms with Crippen LogP contribution in [0.15, 0.2) is 30.5 Å². The molecule has 3 heterocycles. The van der Waals surface area contributed by atoms with Crippen molar-refractivity contribution >= 4 is 11.2 Å². The summed E-state index contributed by atoms with van der Waals surface area (Å²) in [6.45, 7) is 3.93. The van der Waals surface area contributed by atoms with Gasteiger partial charge in [0.2, 0.25) is 0 Å². The number of fused-ring (bicyclic) bond motifs is 1. The Labute approximate surface area is 98.8 Å². The van der Waals surface area contributed by atoms with Gasteiger partial charge < -0.3 is 4.98 Å². The summed E-state index contributed by atoms with van der Waals surface area (Å²) in [4.78, 5) is 16.4. The first kappa shape index (κ1) is 9.96. The Morgan fingerprint density at radius 2 is 1.76 bits per heavy atom. The van der Waals surface area contributed by atoms with Gasteiger partial charge in [-0.2, -0.15) is 0 Å². The number of nitrogens with zero attached hydrogens (tertiary/aromatic N) is 3. The minimum absolute atomic E-state index is 0.751. The van der Waals surface area contributed by atoms with Crippen LogP contribution in [0.1, 0.15) is 11.4 Å². The molecule has 0 aliphatic heterocycles. The number of imidazole rings is 1. The molecule has 3 aromatic heterocycles. The molecule has 0 aliphatic carbocycles. The van der Waals surface area contributed by atoms with Crippen molar-refractivity contribution in [2.24, 2.45) is 0 Å². The molecule has 0 saturated heterocycles. The highest BCUT2D eigenvalue weighted by molar-refractivity contribution is 5.75. The Morgan fingerprint density at radius 3 is 2.53 bits per heavy atom. The van der Waals surface area contributed by atoms with Crippen LogP contribution in [-0.4, -0.2) is 19.9 Å². The fourth-order valence-corrected chi connectivity index (χ4v) is 1.73. The highest BCUT2D eigenvalue weighted by Gasteiger charge is 2.06. The molecule has 0 fully saturated rings. The van der Waals surface area contributed by atoms with Gasteiger partial charge in [-0.1, -0.05) is 0 Å². The molecule has 0 bridgehead atoms. The normalized spacial score (nSPS) is 10.9. The Hall–Kier alpha value is -2.23. The van der Waals surface area contributed by atoms with Gasteiger partial charge in [-0.05, 0) is 38.1 Å². The van der Waals surface area contributed by atoms with Gasteiger partial charge in [0.15, 0.2) is 5.65 Å². The summed E-state index contributed by atoms with van der Waals surface area (Å²) < 4.78 is 0. The zero-order valence-corrected chi connectivity index (χ0v) is 9.73. The summed E-state index contributed by atoms with van der Waals surface area (Å²) in [7, 11) is 0. The van der Waals surface area contributed by atoms with E-state index in [0.29, 0.717) is 0 Å². The largest absolute Gasteiger partial charge is 0.337 e. The molecule has 84 valence electrons. The summed E-state index contributed by atoms with van der Waals surface area (Å²) in [6.07, 6.45) is 1.82. The fraction of sp³-hybridized carbons (Fsp3) is 0.154. The lowest BCUT2D eigenvalue weighted by Crippen LogP contribution is -1.84. The minimum Gasteiger partial charge on any atom is -0.337 e. The minimum atomic E-state index is 0.751. The second-order valence-electron chi connectivity index (χ2n) is 4.10. The second kappa shape index (κ2) is 3.66. The molecule has 0 radical (unpaired) electrons. The van der Waals surface area contributed by atoms with E-state index in [1.54, 1.807) is 0 Å². The number of aromatic amines is 1. The smallest absolute Gasteiger partial charge is 0.178 e. The van der Waals surface area contributed by atoms with Crippen molar-refractivity contribution < 1.29 is 0 Å². The lowest BCUT2D eigenvalue weighted by atomic mass is 10.2. The van der Waals surface area contributed by atoms with Crippen molar-refractivity contribution in [2.75, 3.05) is 0 Å². The third-order valence-electron chi connectivity index (χ3n) is 2.67. The molecular formula is C13H12N4. The van der Waals surface area contributed by atoms with Gasteiger partial charge in [0.25, 0.3) is 0 Å². The molecule has 3 aromatic rings. The van der Waals surface area contributed by atoms with Crippen LogP contribution >= 0.6 is 0 Å². The Morgan fingerprint density at radius 1 is 0.941 bits per heavy atom. The molecule has 4 nitrogen and oxygen atoms in total. The van der Waals surface area contributed by atoms with Crippen LogP contribution in [0.3, 0.4) is 0 Å². The van der Waals surface area contributed by atoms with Crippen LogP contribution in [-0.2, 0) is 0 Å². The quantitative estimate of drug-likeness (QED) is 0.691. The summed E-state index contributed by atoms with van der Waals surface area (Å²) in [5.41, 5.74) is 4.65. The second-order valence-corrected chi connectivity index (χ2v) is 4.10. The van der Waals surface area contributed by atoms with E-state index in [1.807, 2.05) is 44.3 Å². The van der Waals surface area contributed by atoms with E-state index in [0.717, 1.165) is 33.9 Å². The monoisotopic (exact) mass is 224 g/mol. The predicted molar refractivity (Wildman–Crippen MR) is 66.6 cm³/mol. The van der Waals surface area contributed by atoms with Crippen molar-refractivity contribution in [3.8, 4) is 11.4 Å². The first-order valence-electron chi connectivity index (χ1n) is 5.49. The molecule has 0 saturated carbocycles. The SMILES string of the molecule is Cc1ccc(-c2nc3nc(C)ccc3[nH]2)cn1. The average molecular weight is 224 g/mol. The maximum absolute atomic E-state index is 4.47. The van der Waals surface area contributed by atoms with Crippen molar-refractivity contribution in [1.82, 2.24) is 19.9 Å². The molecule has 1 N–H and O–H groups in total. The van der Waals surface area contributed by atoms with Gasteiger partial charge in [-0.15, -0.1) is 0 Å². The standard InChI is InChI=1S/C13H12N4/c1-8-3-5-10(7-14-8)12-16-11-6-4-9(2)15-13(11)17-12/h3-7H,1-2H3,(H,15,16,17). The Bertz CT molecular complexity index is 667. The van der Waals surface area contributed by atoms with Crippen LogP contribution in [0.25, 0.3) is 22.6 Å². The van der Waals surface area contributed by atoms with Gasteiger partial charge in [0, 0.05) is 23.1 Å². The van der Waals surface area contributed by atoms with E-state index < -0.39 is 0 Å². The van der Waals surface area contributed by atoms with Gasteiger partial charge in [-0.3, -0.25) is 4.98 Å². The number of hydrogen-bond donors (Lipinski definition) is 1. The number of aryl methyl sites for hydroxylation is 2. The van der Waals surface area contributed by atoms with Crippen molar-refractivity contribution in [2.45, 2.75) is 13.8 Å². The Kier molecular flexibility index (Phi) is 2.14. The third kappa shape index (κ3) is 1.78. The van der Waals surface area contributed by atoms with Crippen LogP contribution < -0.4 is 0 Å². The zero-order valence-electron chi connectivity index (χ0n) is 9.73. The molecule has 0 atom stereocenters. The van der Waals surface area contributed by atoms with E-state index in [1.165, 1.54) is 0 Å². The van der Waals surface area contributed by atoms with Gasteiger partial charge in [-0.25, -0.2) is 9.97 Å². The maximum Gasteiger partial charge on any atom is 0.178 e. The molecule has 0 spiro atoms. The molecule has 4 heteroatoms. The van der Waals surface area contributed by atoms with E-state index in [4.69, 9.17) is 0 Å². The summed E-state index contributed by atoms with van der Waals surface area (Å²) in [5.74, 6) is 0.811. The highest BCUT2D eigenvalue weighted by atomic mass is 15.0. The molecule has 0 amide bonds. The summed E-state index contributed by atoms with van der Waals surface area (Å²) in [6, 6.07) is 7.95. The maximum atomic E-state index is 4.47. The molecule has 3 rings (SSSR count). The number of nitrogens with one attached hydrogen (secondary N) is 1. The number of rotatable bonds is 1. The van der Waals surface area contributed by atoms with Crippen LogP contribution in [0.2, 0.25) is 0 Å². The number of aromatic nitrogens is 4. The summed E-state index contributed by atoms with van der Waals surface area (Å²) in [5, 5.41) is 0. The molecule has 0 aliphatic rings. The van der Waals surface area contributed by atoms with Crippen molar-refractivity contribution in [3.63, 3.8) is 0 Å². The Balaban J connectivity index is 2.14. The molecule has 0 unspecified atom stereocenters. The number of hydrogen-bond acceptors (Lipinski definition) is 3. The van der Waals surface area contributed by atoms with Gasteiger partial charge >= 0.3 is 0 Å². The van der Waals surface area contributed by atoms with Gasteiger partial charge in [0.1, 0.15) is 5.82 Å². The van der Waals surface area contributed by atoms with Crippen molar-refractivity contribution in [1.29, 1.82) is 0 Å². The highest BCUT2D eigenvalue weighted by Crippen LogP contribution is 2.18. The number of pyridine rings is 2. The van der Waals surface area contributed by atoms with Crippen molar-refractivity contribution in [3.05, 3.63) is 41.9 Å². The first-order chi connectivity index (χ1) is 8.22. The summed E-state index contributed by atoms with van der Waals surface area (Å²) >= 11 is 0. The molecular weight excluding hydrogens is 212 g/mol. The zero-order chi connectivity index (χ0) is 11.8. The fourth-order valence-electron chi connectivity index (χ4n) is 1.73. The van der Waals surface area contributed by atoms with E-state index in [2.05, 4.69) is 19.9 Å². The van der Waals surface area contributed by atoms with E-state index in [9.17, 15) is 0 Å². The average Bonchev–Trinajstić information content (AvgIpc) is 2.72. The predicted octanol–water partition coefficient (Wildman–Crippen LogP) is 2.64. The van der Waals surface area contributed by atoms with E-state index in [-0.39, 0.29) is 0 Å². The lowest BCUT2D eigenvalue weighted by Gasteiger charge is -1.95. The van der Waals surface area contributed by atoms with Crippen LogP contribution in [0, 0.1) is 13.8 Å². The lowest BCUT2D eigenvalue weighted by molar-refractivity contribution is 1.18. The number of H-pyrrole nitrogens is 1. The topological polar surface area (TPSA) is 54.5 Å². The third-order valence-corrected chi connectivity index (χ3v) is 2.67. The van der Waals surface area contributed by atoms with Crippen LogP contribution in [0.5, 0.6) is 0 Å². The molecule has 17 heavy (non-hydrogen) atoms. The van der Waals surface area contributed by atoms with E-state index >= 15 is 0 Å². The van der Waals surface area contributed by atoms with Crippen LogP contribution in [0.4, 0.5) is 0 Å². The van der Waals surface area contributed by atoms with Gasteiger partial charge in [0.05, 0.1) is 5.52 Å². The molecule has 0 aromatic carbocycles.